The predicted molar refractivity (Wildman–Crippen MR) is 58.5 cm³/mol. The Hall–Kier alpha value is -1.73. The fourth-order valence-electron chi connectivity index (χ4n) is 1.57. The topological polar surface area (TPSA) is 29.1 Å². The Labute approximate surface area is 110 Å². The van der Waals surface area contributed by atoms with Crippen molar-refractivity contribution >= 4 is 5.91 Å². The molecule has 0 fully saturated rings. The Kier molecular flexibility index (Phi) is 5.02. The summed E-state index contributed by atoms with van der Waals surface area (Å²) < 4.78 is 76.1. The molecule has 1 aromatic rings. The van der Waals surface area contributed by atoms with Crippen LogP contribution in [0.4, 0.5) is 26.3 Å². The van der Waals surface area contributed by atoms with Crippen molar-refractivity contribution in [3.8, 4) is 0 Å². The van der Waals surface area contributed by atoms with Gasteiger partial charge in [0.05, 0.1) is 6.42 Å². The van der Waals surface area contributed by atoms with E-state index >= 15 is 0 Å². The summed E-state index contributed by atoms with van der Waals surface area (Å²) in [7, 11) is 0. The Morgan fingerprint density at radius 2 is 1.75 bits per heavy atom. The van der Waals surface area contributed by atoms with E-state index in [1.807, 2.05) is 5.32 Å². The van der Waals surface area contributed by atoms with E-state index < -0.39 is 47.6 Å². The van der Waals surface area contributed by atoms with Gasteiger partial charge < -0.3 is 5.32 Å². The number of carbonyl (C=O) groups is 1. The van der Waals surface area contributed by atoms with Crippen molar-refractivity contribution in [1.82, 2.24) is 5.32 Å². The highest BCUT2D eigenvalue weighted by Gasteiger charge is 2.32. The molecule has 0 spiro atoms. The third-order valence-electron chi connectivity index (χ3n) is 2.58. The monoisotopic (exact) mass is 299 g/mol. The average molecular weight is 299 g/mol. The van der Waals surface area contributed by atoms with Crippen molar-refractivity contribution < 1.29 is 31.1 Å². The lowest BCUT2D eigenvalue weighted by Crippen LogP contribution is -2.38. The first-order valence-electron chi connectivity index (χ1n) is 5.66. The van der Waals surface area contributed by atoms with Crippen molar-refractivity contribution in [2.75, 3.05) is 0 Å². The molecule has 1 amide bonds. The lowest BCUT2D eigenvalue weighted by molar-refractivity contribution is -0.139. The number of nitrogens with one attached hydrogen (secondary N) is 1. The largest absolute Gasteiger partial charge is 0.391 e. The summed E-state index contributed by atoms with van der Waals surface area (Å²) in [4.78, 5) is 11.6. The summed E-state index contributed by atoms with van der Waals surface area (Å²) in [5, 5.41) is 1.84. The van der Waals surface area contributed by atoms with Gasteiger partial charge in [0.15, 0.2) is 11.6 Å². The van der Waals surface area contributed by atoms with Crippen LogP contribution in [0.5, 0.6) is 0 Å². The Balaban J connectivity index is 2.93. The molecule has 0 aliphatic heterocycles. The summed E-state index contributed by atoms with van der Waals surface area (Å²) >= 11 is 0. The number of hydrogen-bond donors (Lipinski definition) is 1. The third-order valence-corrected chi connectivity index (χ3v) is 2.58. The van der Waals surface area contributed by atoms with Gasteiger partial charge in [0.2, 0.25) is 0 Å². The molecule has 8 heteroatoms. The lowest BCUT2D eigenvalue weighted by atomic mass is 10.1. The van der Waals surface area contributed by atoms with Crippen LogP contribution in [0.25, 0.3) is 0 Å². The summed E-state index contributed by atoms with van der Waals surface area (Å²) in [6, 6.07) is -0.337. The van der Waals surface area contributed by atoms with E-state index in [4.69, 9.17) is 0 Å². The van der Waals surface area contributed by atoms with Crippen molar-refractivity contribution in [1.29, 1.82) is 0 Å². The highest BCUT2D eigenvalue weighted by Crippen LogP contribution is 2.23. The molecule has 1 rings (SSSR count). The van der Waals surface area contributed by atoms with Crippen LogP contribution in [0.2, 0.25) is 0 Å². The maximum Gasteiger partial charge on any atom is 0.391 e. The Morgan fingerprint density at radius 1 is 1.20 bits per heavy atom. The van der Waals surface area contributed by atoms with Gasteiger partial charge in [-0.25, -0.2) is 13.2 Å². The van der Waals surface area contributed by atoms with Gasteiger partial charge in [0.25, 0.3) is 5.91 Å². The maximum atomic E-state index is 13.3. The number of benzene rings is 1. The summed E-state index contributed by atoms with van der Waals surface area (Å²) in [6.45, 7) is 1.37. The predicted octanol–water partition coefficient (Wildman–Crippen LogP) is 3.56. The average Bonchev–Trinajstić information content (AvgIpc) is 2.32. The van der Waals surface area contributed by atoms with Crippen LogP contribution >= 0.6 is 0 Å². The Morgan fingerprint density at radius 3 is 2.25 bits per heavy atom. The molecule has 1 atom stereocenters. The van der Waals surface area contributed by atoms with Gasteiger partial charge in [0, 0.05) is 6.04 Å². The highest BCUT2D eigenvalue weighted by atomic mass is 19.4. The van der Waals surface area contributed by atoms with Crippen LogP contribution < -0.4 is 5.32 Å². The summed E-state index contributed by atoms with van der Waals surface area (Å²) in [5.41, 5.74) is -1.23. The van der Waals surface area contributed by atoms with Gasteiger partial charge in [-0.15, -0.1) is 0 Å². The molecule has 1 aromatic carbocycles. The number of alkyl halides is 3. The van der Waals surface area contributed by atoms with E-state index in [0.29, 0.717) is 12.1 Å². The Bertz CT molecular complexity index is 499. The normalized spacial score (nSPS) is 13.2. The van der Waals surface area contributed by atoms with Gasteiger partial charge in [-0.1, -0.05) is 6.92 Å². The van der Waals surface area contributed by atoms with Crippen LogP contribution in [0.15, 0.2) is 12.1 Å². The van der Waals surface area contributed by atoms with Crippen LogP contribution in [-0.2, 0) is 0 Å². The van der Waals surface area contributed by atoms with Gasteiger partial charge in [-0.3, -0.25) is 4.79 Å². The highest BCUT2D eigenvalue weighted by molar-refractivity contribution is 5.95. The molecular formula is C12H11F6NO. The summed E-state index contributed by atoms with van der Waals surface area (Å²) in [5.74, 6) is -5.95. The minimum atomic E-state index is -4.53. The molecule has 0 unspecified atom stereocenters. The van der Waals surface area contributed by atoms with E-state index in [9.17, 15) is 31.1 Å². The van der Waals surface area contributed by atoms with Crippen molar-refractivity contribution in [2.24, 2.45) is 0 Å². The lowest BCUT2D eigenvalue weighted by Gasteiger charge is -2.19. The molecule has 0 aromatic heterocycles. The minimum absolute atomic E-state index is 0.0934. The third kappa shape index (κ3) is 4.14. The zero-order chi connectivity index (χ0) is 15.5. The smallest absolute Gasteiger partial charge is 0.349 e. The zero-order valence-corrected chi connectivity index (χ0v) is 10.3. The second-order valence-corrected chi connectivity index (χ2v) is 4.12. The molecule has 0 aliphatic carbocycles. The first-order chi connectivity index (χ1) is 9.15. The molecule has 0 bridgehead atoms. The van der Waals surface area contributed by atoms with Gasteiger partial charge in [-0.2, -0.15) is 13.2 Å². The molecule has 0 saturated heterocycles. The first kappa shape index (κ1) is 16.3. The fraction of sp³-hybridized carbons (Fsp3) is 0.417. The molecule has 1 N–H and O–H groups in total. The number of rotatable bonds is 4. The van der Waals surface area contributed by atoms with Gasteiger partial charge in [0.1, 0.15) is 11.4 Å². The van der Waals surface area contributed by atoms with Gasteiger partial charge in [-0.05, 0) is 18.6 Å². The van der Waals surface area contributed by atoms with E-state index in [-0.39, 0.29) is 6.42 Å². The molecule has 2 nitrogen and oxygen atoms in total. The van der Waals surface area contributed by atoms with E-state index in [2.05, 4.69) is 0 Å². The van der Waals surface area contributed by atoms with E-state index in [1.54, 1.807) is 0 Å². The number of amides is 1. The second kappa shape index (κ2) is 6.15. The standard InChI is InChI=1S/C12H11F6NO/c1-2-6(5-12(16,17)18)19-11(20)9-7(13)3-4-8(14)10(9)15/h3-4,6H,2,5H2,1H3,(H,19,20)/t6-/m1/s1. The van der Waals surface area contributed by atoms with E-state index in [1.165, 1.54) is 6.92 Å². The molecule has 20 heavy (non-hydrogen) atoms. The SMILES string of the molecule is CC[C@H](CC(F)(F)F)NC(=O)c1c(F)ccc(F)c1F. The molecule has 0 saturated carbocycles. The zero-order valence-electron chi connectivity index (χ0n) is 10.3. The van der Waals surface area contributed by atoms with Crippen molar-refractivity contribution in [3.05, 3.63) is 35.1 Å². The quantitative estimate of drug-likeness (QED) is 0.668. The molecule has 0 heterocycles. The van der Waals surface area contributed by atoms with E-state index in [0.717, 1.165) is 0 Å². The van der Waals surface area contributed by atoms with Crippen LogP contribution in [0.3, 0.4) is 0 Å². The molecule has 0 radical (unpaired) electrons. The molecular weight excluding hydrogens is 288 g/mol. The van der Waals surface area contributed by atoms with Crippen molar-refractivity contribution in [2.45, 2.75) is 32.0 Å². The number of halogens is 6. The molecule has 0 aliphatic rings. The number of carbonyl (C=O) groups excluding carboxylic acids is 1. The number of hydrogen-bond acceptors (Lipinski definition) is 1. The first-order valence-corrected chi connectivity index (χ1v) is 5.66. The fourth-order valence-corrected chi connectivity index (χ4v) is 1.57. The molecule has 112 valence electrons. The minimum Gasteiger partial charge on any atom is -0.349 e. The van der Waals surface area contributed by atoms with Crippen molar-refractivity contribution in [3.63, 3.8) is 0 Å². The van der Waals surface area contributed by atoms with Gasteiger partial charge >= 0.3 is 6.18 Å². The van der Waals surface area contributed by atoms with Crippen LogP contribution in [0, 0.1) is 17.5 Å². The maximum absolute atomic E-state index is 13.3. The van der Waals surface area contributed by atoms with Crippen LogP contribution in [-0.4, -0.2) is 18.1 Å². The van der Waals surface area contributed by atoms with Crippen LogP contribution in [0.1, 0.15) is 30.1 Å². The summed E-state index contributed by atoms with van der Waals surface area (Å²) in [6.07, 6.45) is -5.97. The second-order valence-electron chi connectivity index (χ2n) is 4.12.